The van der Waals surface area contributed by atoms with E-state index in [1.165, 1.54) is 29.2 Å². The van der Waals surface area contributed by atoms with Crippen LogP contribution in [0.2, 0.25) is 0 Å². The van der Waals surface area contributed by atoms with Crippen molar-refractivity contribution in [2.24, 2.45) is 11.7 Å². The molecule has 1 aromatic carbocycles. The zero-order chi connectivity index (χ0) is 16.3. The fraction of sp³-hybridized carbons (Fsp3) is 0.533. The van der Waals surface area contributed by atoms with Gasteiger partial charge in [0.15, 0.2) is 0 Å². The molecule has 2 unspecified atom stereocenters. The maximum absolute atomic E-state index is 12.4. The molecule has 0 radical (unpaired) electrons. The number of rotatable bonds is 5. The molecule has 1 saturated carbocycles. The van der Waals surface area contributed by atoms with Gasteiger partial charge in [0, 0.05) is 25.7 Å². The molecule has 1 aliphatic rings. The quantitative estimate of drug-likeness (QED) is 0.824. The van der Waals surface area contributed by atoms with Crippen LogP contribution in [0.1, 0.15) is 29.6 Å². The number of sulfonamides is 1. The van der Waals surface area contributed by atoms with Crippen molar-refractivity contribution >= 4 is 28.3 Å². The molecule has 23 heavy (non-hydrogen) atoms. The Bertz CT molecular complexity index is 632. The Morgan fingerprint density at radius 2 is 1.87 bits per heavy atom. The second-order valence-electron chi connectivity index (χ2n) is 5.88. The number of nitrogens with two attached hydrogens (primary N) is 1. The Balaban J connectivity index is 0.00000264. The molecule has 0 aliphatic heterocycles. The van der Waals surface area contributed by atoms with Gasteiger partial charge in [0.2, 0.25) is 10.0 Å². The molecule has 3 N–H and O–H groups in total. The Labute approximate surface area is 143 Å². The molecule has 8 heteroatoms. The predicted octanol–water partition coefficient (Wildman–Crippen LogP) is 1.22. The Kier molecular flexibility index (Phi) is 7.01. The van der Waals surface area contributed by atoms with Gasteiger partial charge in [-0.3, -0.25) is 4.79 Å². The van der Waals surface area contributed by atoms with Crippen LogP contribution in [0.5, 0.6) is 0 Å². The summed E-state index contributed by atoms with van der Waals surface area (Å²) in [5.41, 5.74) is 6.15. The van der Waals surface area contributed by atoms with E-state index in [0.29, 0.717) is 12.1 Å². The van der Waals surface area contributed by atoms with Crippen LogP contribution in [-0.2, 0) is 10.0 Å². The van der Waals surface area contributed by atoms with Crippen LogP contribution in [0, 0.1) is 5.92 Å². The molecule has 2 atom stereocenters. The number of benzene rings is 1. The monoisotopic (exact) mass is 361 g/mol. The highest BCUT2D eigenvalue weighted by molar-refractivity contribution is 7.89. The van der Waals surface area contributed by atoms with Gasteiger partial charge in [0.05, 0.1) is 4.90 Å². The minimum absolute atomic E-state index is 0. The summed E-state index contributed by atoms with van der Waals surface area (Å²) in [6, 6.07) is 5.90. The smallest absolute Gasteiger partial charge is 0.253 e. The molecular weight excluding hydrogens is 338 g/mol. The van der Waals surface area contributed by atoms with Gasteiger partial charge in [-0.15, -0.1) is 12.4 Å². The van der Waals surface area contributed by atoms with Gasteiger partial charge in [0.25, 0.3) is 5.91 Å². The second-order valence-corrected chi connectivity index (χ2v) is 7.59. The molecular formula is C15H24ClN3O3S. The number of hydrogen-bond donors (Lipinski definition) is 2. The van der Waals surface area contributed by atoms with Crippen LogP contribution in [0.3, 0.4) is 0 Å². The fourth-order valence-electron chi connectivity index (χ4n) is 2.78. The number of halogens is 1. The lowest BCUT2D eigenvalue weighted by Crippen LogP contribution is -2.39. The Hall–Kier alpha value is -1.15. The van der Waals surface area contributed by atoms with Gasteiger partial charge in [-0.1, -0.05) is 6.42 Å². The first kappa shape index (κ1) is 19.9. The first-order valence-electron chi connectivity index (χ1n) is 7.39. The zero-order valence-corrected chi connectivity index (χ0v) is 15.0. The number of carbonyl (C=O) groups excluding carboxylic acids is 1. The molecule has 6 nitrogen and oxygen atoms in total. The summed E-state index contributed by atoms with van der Waals surface area (Å²) in [4.78, 5) is 13.4. The summed E-state index contributed by atoms with van der Waals surface area (Å²) >= 11 is 0. The van der Waals surface area contributed by atoms with E-state index in [0.717, 1.165) is 19.3 Å². The summed E-state index contributed by atoms with van der Waals surface area (Å²) in [7, 11) is -0.271. The lowest BCUT2D eigenvalue weighted by Gasteiger charge is -2.19. The molecule has 1 fully saturated rings. The first-order valence-corrected chi connectivity index (χ1v) is 8.87. The van der Waals surface area contributed by atoms with Crippen molar-refractivity contribution in [3.05, 3.63) is 29.8 Å². The minimum atomic E-state index is -3.58. The molecule has 0 bridgehead atoms. The van der Waals surface area contributed by atoms with E-state index in [1.54, 1.807) is 14.1 Å². The zero-order valence-electron chi connectivity index (χ0n) is 13.4. The lowest BCUT2D eigenvalue weighted by atomic mass is 10.1. The van der Waals surface area contributed by atoms with Gasteiger partial charge < -0.3 is 10.6 Å². The van der Waals surface area contributed by atoms with Crippen LogP contribution in [0.4, 0.5) is 0 Å². The molecule has 2 rings (SSSR count). The van der Waals surface area contributed by atoms with E-state index >= 15 is 0 Å². The molecule has 0 aromatic heterocycles. The number of hydrogen-bond acceptors (Lipinski definition) is 4. The van der Waals surface area contributed by atoms with E-state index in [2.05, 4.69) is 4.72 Å². The normalized spacial score (nSPS) is 20.8. The average Bonchev–Trinajstić information content (AvgIpc) is 2.93. The summed E-state index contributed by atoms with van der Waals surface area (Å²) in [5, 5.41) is 0. The Morgan fingerprint density at radius 3 is 2.39 bits per heavy atom. The van der Waals surface area contributed by atoms with Crippen molar-refractivity contribution in [1.82, 2.24) is 9.62 Å². The van der Waals surface area contributed by atoms with Crippen molar-refractivity contribution in [3.8, 4) is 0 Å². The standard InChI is InChI=1S/C15H23N3O3S.ClH/c1-18(2)15(19)11-6-8-13(9-7-11)22(20,21)17-14-5-3-4-12(14)10-16;/h6-9,12,14,17H,3-5,10,16H2,1-2H3;1H. The predicted molar refractivity (Wildman–Crippen MR) is 92.2 cm³/mol. The number of amides is 1. The maximum atomic E-state index is 12.4. The van der Waals surface area contributed by atoms with Gasteiger partial charge in [-0.2, -0.15) is 0 Å². The molecule has 1 amide bonds. The highest BCUT2D eigenvalue weighted by atomic mass is 35.5. The van der Waals surface area contributed by atoms with Gasteiger partial charge in [-0.05, 0) is 49.6 Å². The van der Waals surface area contributed by atoms with Gasteiger partial charge in [0.1, 0.15) is 0 Å². The molecule has 1 aliphatic carbocycles. The van der Waals surface area contributed by atoms with E-state index in [9.17, 15) is 13.2 Å². The van der Waals surface area contributed by atoms with Crippen molar-refractivity contribution in [3.63, 3.8) is 0 Å². The third-order valence-corrected chi connectivity index (χ3v) is 5.59. The summed E-state index contributed by atoms with van der Waals surface area (Å²) in [6.45, 7) is 0.490. The fourth-order valence-corrected chi connectivity index (χ4v) is 4.12. The highest BCUT2D eigenvalue weighted by Crippen LogP contribution is 2.26. The topological polar surface area (TPSA) is 92.5 Å². The van der Waals surface area contributed by atoms with Gasteiger partial charge >= 0.3 is 0 Å². The van der Waals surface area contributed by atoms with E-state index < -0.39 is 10.0 Å². The molecule has 0 heterocycles. The number of nitrogens with one attached hydrogen (secondary N) is 1. The van der Waals surface area contributed by atoms with E-state index in [4.69, 9.17) is 5.73 Å². The largest absolute Gasteiger partial charge is 0.345 e. The lowest BCUT2D eigenvalue weighted by molar-refractivity contribution is 0.0827. The average molecular weight is 362 g/mol. The molecule has 1 aromatic rings. The van der Waals surface area contributed by atoms with Crippen molar-refractivity contribution < 1.29 is 13.2 Å². The van der Waals surface area contributed by atoms with Crippen LogP contribution in [-0.4, -0.2) is 45.9 Å². The van der Waals surface area contributed by atoms with Crippen molar-refractivity contribution in [2.75, 3.05) is 20.6 Å². The third-order valence-electron chi connectivity index (χ3n) is 4.09. The summed E-state index contributed by atoms with van der Waals surface area (Å²) < 4.78 is 27.6. The first-order chi connectivity index (χ1) is 10.3. The summed E-state index contributed by atoms with van der Waals surface area (Å²) in [6.07, 6.45) is 2.77. The van der Waals surface area contributed by atoms with E-state index in [1.807, 2.05) is 0 Å². The van der Waals surface area contributed by atoms with E-state index in [-0.39, 0.29) is 35.2 Å². The van der Waals surface area contributed by atoms with Crippen LogP contribution >= 0.6 is 12.4 Å². The van der Waals surface area contributed by atoms with Crippen molar-refractivity contribution in [1.29, 1.82) is 0 Å². The maximum Gasteiger partial charge on any atom is 0.253 e. The number of carbonyl (C=O) groups is 1. The van der Waals surface area contributed by atoms with Crippen molar-refractivity contribution in [2.45, 2.75) is 30.2 Å². The second kappa shape index (κ2) is 8.10. The minimum Gasteiger partial charge on any atom is -0.345 e. The summed E-state index contributed by atoms with van der Waals surface area (Å²) in [5.74, 6) is 0.0419. The third kappa shape index (κ3) is 4.67. The molecule has 130 valence electrons. The molecule has 0 saturated heterocycles. The van der Waals surface area contributed by atoms with Crippen LogP contribution in [0.25, 0.3) is 0 Å². The van der Waals surface area contributed by atoms with Crippen LogP contribution in [0.15, 0.2) is 29.2 Å². The Morgan fingerprint density at radius 1 is 1.26 bits per heavy atom. The SMILES string of the molecule is CN(C)C(=O)c1ccc(S(=O)(=O)NC2CCCC2CN)cc1.Cl. The van der Waals surface area contributed by atoms with Gasteiger partial charge in [-0.25, -0.2) is 13.1 Å². The highest BCUT2D eigenvalue weighted by Gasteiger charge is 2.30. The van der Waals surface area contributed by atoms with Crippen LogP contribution < -0.4 is 10.5 Å². The number of nitrogens with zero attached hydrogens (tertiary/aromatic N) is 1. The molecule has 0 spiro atoms.